The summed E-state index contributed by atoms with van der Waals surface area (Å²) in [6.45, 7) is 8.25. The Bertz CT molecular complexity index is 328. The molecule has 0 saturated carbocycles. The van der Waals surface area contributed by atoms with E-state index >= 15 is 0 Å². The van der Waals surface area contributed by atoms with Crippen LogP contribution in [0.25, 0.3) is 0 Å². The maximum Gasteiger partial charge on any atom is 0.121 e. The smallest absolute Gasteiger partial charge is 0.121 e. The number of rotatable bonds is 11. The molecule has 0 aliphatic heterocycles. The molecule has 0 aliphatic rings. The Labute approximate surface area is 117 Å². The monoisotopic (exact) mass is 264 g/mol. The molecule has 0 amide bonds. The highest BCUT2D eigenvalue weighted by Gasteiger charge is 1.96. The van der Waals surface area contributed by atoms with Crippen LogP contribution in [0.2, 0.25) is 0 Å². The molecule has 2 N–H and O–H groups in total. The van der Waals surface area contributed by atoms with Gasteiger partial charge >= 0.3 is 0 Å². The summed E-state index contributed by atoms with van der Waals surface area (Å²) in [5, 5.41) is 6.83. The van der Waals surface area contributed by atoms with Gasteiger partial charge in [-0.15, -0.1) is 0 Å². The molecule has 0 aromatic heterocycles. The highest BCUT2D eigenvalue weighted by atomic mass is 16.5. The van der Waals surface area contributed by atoms with Crippen molar-refractivity contribution in [3.63, 3.8) is 0 Å². The highest BCUT2D eigenvalue weighted by molar-refractivity contribution is 5.48. The maximum absolute atomic E-state index is 5.69. The Balaban J connectivity index is 2.20. The van der Waals surface area contributed by atoms with Gasteiger partial charge in [0.05, 0.1) is 6.61 Å². The predicted octanol–water partition coefficient (Wildman–Crippen LogP) is 3.67. The van der Waals surface area contributed by atoms with Gasteiger partial charge in [0.25, 0.3) is 0 Å². The van der Waals surface area contributed by atoms with Gasteiger partial charge in [-0.1, -0.05) is 32.8 Å². The van der Waals surface area contributed by atoms with Gasteiger partial charge in [-0.3, -0.25) is 0 Å². The Morgan fingerprint density at radius 1 is 1.00 bits per heavy atom. The summed E-state index contributed by atoms with van der Waals surface area (Å²) in [7, 11) is 0. The van der Waals surface area contributed by atoms with Crippen molar-refractivity contribution < 1.29 is 4.74 Å². The molecule has 1 rings (SSSR count). The standard InChI is InChI=1S/C16H28N2O/c1-3-5-10-17-11-12-18-15-8-7-9-16(14-15)19-13-6-4-2/h7-9,14,17-18H,3-6,10-13H2,1-2H3. The van der Waals surface area contributed by atoms with Gasteiger partial charge in [-0.2, -0.15) is 0 Å². The molecule has 108 valence electrons. The van der Waals surface area contributed by atoms with E-state index < -0.39 is 0 Å². The molecule has 3 heteroatoms. The third-order valence-corrected chi connectivity index (χ3v) is 2.94. The number of hydrogen-bond donors (Lipinski definition) is 2. The van der Waals surface area contributed by atoms with Crippen LogP contribution < -0.4 is 15.4 Å². The zero-order chi connectivity index (χ0) is 13.8. The molecule has 0 unspecified atom stereocenters. The van der Waals surface area contributed by atoms with Crippen LogP contribution in [0.4, 0.5) is 5.69 Å². The van der Waals surface area contributed by atoms with Crippen LogP contribution >= 0.6 is 0 Å². The molecule has 3 nitrogen and oxygen atoms in total. The summed E-state index contributed by atoms with van der Waals surface area (Å²) >= 11 is 0. The lowest BCUT2D eigenvalue weighted by atomic mass is 10.3. The Morgan fingerprint density at radius 3 is 2.63 bits per heavy atom. The summed E-state index contributed by atoms with van der Waals surface area (Å²) < 4.78 is 5.69. The van der Waals surface area contributed by atoms with Crippen molar-refractivity contribution in [2.75, 3.05) is 31.6 Å². The third-order valence-electron chi connectivity index (χ3n) is 2.94. The van der Waals surface area contributed by atoms with E-state index in [-0.39, 0.29) is 0 Å². The number of benzene rings is 1. The largest absolute Gasteiger partial charge is 0.494 e. The molecule has 0 saturated heterocycles. The lowest BCUT2D eigenvalue weighted by molar-refractivity contribution is 0.309. The molecular formula is C16H28N2O. The van der Waals surface area contributed by atoms with E-state index in [4.69, 9.17) is 4.74 Å². The molecule has 0 fully saturated rings. The molecule has 0 bridgehead atoms. The van der Waals surface area contributed by atoms with Crippen molar-refractivity contribution in [1.29, 1.82) is 0 Å². The highest BCUT2D eigenvalue weighted by Crippen LogP contribution is 2.17. The molecule has 19 heavy (non-hydrogen) atoms. The van der Waals surface area contributed by atoms with Crippen molar-refractivity contribution in [2.45, 2.75) is 39.5 Å². The maximum atomic E-state index is 5.69. The molecule has 0 radical (unpaired) electrons. The molecule has 1 aromatic rings. The van der Waals surface area contributed by atoms with E-state index in [2.05, 4.69) is 36.6 Å². The molecule has 0 spiro atoms. The van der Waals surface area contributed by atoms with Crippen molar-refractivity contribution >= 4 is 5.69 Å². The minimum absolute atomic E-state index is 0.804. The van der Waals surface area contributed by atoms with E-state index in [9.17, 15) is 0 Å². The van der Waals surface area contributed by atoms with Crippen molar-refractivity contribution in [3.8, 4) is 5.75 Å². The van der Waals surface area contributed by atoms with Gasteiger partial charge in [-0.05, 0) is 31.5 Å². The SMILES string of the molecule is CCCCNCCNc1cccc(OCCCC)c1. The Hall–Kier alpha value is -1.22. The van der Waals surface area contributed by atoms with Gasteiger partial charge in [0, 0.05) is 24.8 Å². The Kier molecular flexibility index (Phi) is 8.90. The first-order valence-corrected chi connectivity index (χ1v) is 7.54. The first-order valence-electron chi connectivity index (χ1n) is 7.54. The fourth-order valence-corrected chi connectivity index (χ4v) is 1.75. The van der Waals surface area contributed by atoms with Crippen LogP contribution in [0, 0.1) is 0 Å². The summed E-state index contributed by atoms with van der Waals surface area (Å²) in [6.07, 6.45) is 4.78. The number of ether oxygens (including phenoxy) is 1. The van der Waals surface area contributed by atoms with Crippen molar-refractivity contribution in [1.82, 2.24) is 5.32 Å². The van der Waals surface area contributed by atoms with Gasteiger partial charge < -0.3 is 15.4 Å². The van der Waals surface area contributed by atoms with Crippen LogP contribution in [0.1, 0.15) is 39.5 Å². The second-order valence-corrected chi connectivity index (χ2v) is 4.76. The zero-order valence-electron chi connectivity index (χ0n) is 12.4. The first kappa shape index (κ1) is 15.8. The van der Waals surface area contributed by atoms with E-state index in [0.29, 0.717) is 0 Å². The topological polar surface area (TPSA) is 33.3 Å². The average molecular weight is 264 g/mol. The van der Waals surface area contributed by atoms with Crippen LogP contribution in [0.15, 0.2) is 24.3 Å². The van der Waals surface area contributed by atoms with E-state index in [0.717, 1.165) is 44.1 Å². The van der Waals surface area contributed by atoms with E-state index in [1.165, 1.54) is 19.3 Å². The van der Waals surface area contributed by atoms with E-state index in [1.807, 2.05) is 12.1 Å². The lowest BCUT2D eigenvalue weighted by Crippen LogP contribution is -2.23. The minimum atomic E-state index is 0.804. The number of unbranched alkanes of at least 4 members (excludes halogenated alkanes) is 2. The molecule has 0 heterocycles. The minimum Gasteiger partial charge on any atom is -0.494 e. The molecule has 1 aromatic carbocycles. The van der Waals surface area contributed by atoms with Gasteiger partial charge in [0.2, 0.25) is 0 Å². The summed E-state index contributed by atoms with van der Waals surface area (Å²) in [5.41, 5.74) is 1.13. The predicted molar refractivity (Wildman–Crippen MR) is 83.1 cm³/mol. The summed E-state index contributed by atoms with van der Waals surface area (Å²) in [6, 6.07) is 8.20. The fourth-order valence-electron chi connectivity index (χ4n) is 1.75. The average Bonchev–Trinajstić information content (AvgIpc) is 2.43. The zero-order valence-corrected chi connectivity index (χ0v) is 12.4. The van der Waals surface area contributed by atoms with Crippen LogP contribution in [0.3, 0.4) is 0 Å². The third kappa shape index (κ3) is 7.73. The van der Waals surface area contributed by atoms with Crippen LogP contribution in [-0.4, -0.2) is 26.2 Å². The Morgan fingerprint density at radius 2 is 1.84 bits per heavy atom. The van der Waals surface area contributed by atoms with Crippen molar-refractivity contribution in [3.05, 3.63) is 24.3 Å². The number of anilines is 1. The summed E-state index contributed by atoms with van der Waals surface area (Å²) in [5.74, 6) is 0.956. The second-order valence-electron chi connectivity index (χ2n) is 4.76. The quantitative estimate of drug-likeness (QED) is 0.598. The number of nitrogens with one attached hydrogen (secondary N) is 2. The molecule has 0 atom stereocenters. The molecular weight excluding hydrogens is 236 g/mol. The van der Waals surface area contributed by atoms with Crippen LogP contribution in [0.5, 0.6) is 5.75 Å². The second kappa shape index (κ2) is 10.7. The van der Waals surface area contributed by atoms with E-state index in [1.54, 1.807) is 0 Å². The number of hydrogen-bond acceptors (Lipinski definition) is 3. The fraction of sp³-hybridized carbons (Fsp3) is 0.625. The first-order chi connectivity index (χ1) is 9.36. The normalized spacial score (nSPS) is 10.4. The summed E-state index contributed by atoms with van der Waals surface area (Å²) in [4.78, 5) is 0. The molecule has 0 aliphatic carbocycles. The van der Waals surface area contributed by atoms with Gasteiger partial charge in [0.1, 0.15) is 5.75 Å². The van der Waals surface area contributed by atoms with Gasteiger partial charge in [-0.25, -0.2) is 0 Å². The lowest BCUT2D eigenvalue weighted by Gasteiger charge is -2.10. The van der Waals surface area contributed by atoms with Crippen molar-refractivity contribution in [2.24, 2.45) is 0 Å². The van der Waals surface area contributed by atoms with Crippen LogP contribution in [-0.2, 0) is 0 Å². The van der Waals surface area contributed by atoms with Gasteiger partial charge in [0.15, 0.2) is 0 Å².